The molecule has 2 fully saturated rings. The average Bonchev–Trinajstić information content (AvgIpc) is 3.44. The van der Waals surface area contributed by atoms with Crippen molar-refractivity contribution in [2.45, 2.75) is 64.3 Å². The molecule has 1 aliphatic carbocycles. The Morgan fingerprint density at radius 2 is 1.70 bits per heavy atom. The Morgan fingerprint density at radius 1 is 1.05 bits per heavy atom. The summed E-state index contributed by atoms with van der Waals surface area (Å²) >= 11 is 0. The van der Waals surface area contributed by atoms with Crippen molar-refractivity contribution in [2.75, 3.05) is 26.2 Å². The lowest BCUT2D eigenvalue weighted by Gasteiger charge is -2.31. The molecule has 2 aliphatic rings. The number of benzene rings is 1. The van der Waals surface area contributed by atoms with E-state index in [1.807, 2.05) is 0 Å². The van der Waals surface area contributed by atoms with Crippen molar-refractivity contribution in [1.82, 2.24) is 15.5 Å². The zero-order valence-corrected chi connectivity index (χ0v) is 22.3. The first kappa shape index (κ1) is 30.9. The van der Waals surface area contributed by atoms with Gasteiger partial charge >= 0.3 is 17.8 Å². The number of aliphatic carboxylic acids is 1. The van der Waals surface area contributed by atoms with Crippen LogP contribution in [-0.4, -0.2) is 71.8 Å². The summed E-state index contributed by atoms with van der Waals surface area (Å²) in [4.78, 5) is 62.7. The van der Waals surface area contributed by atoms with E-state index in [0.29, 0.717) is 18.5 Å². The summed E-state index contributed by atoms with van der Waals surface area (Å²) in [6, 6.07) is -0.953. The number of aryl methyl sites for hydroxylation is 1. The highest BCUT2D eigenvalue weighted by Crippen LogP contribution is 2.28. The van der Waals surface area contributed by atoms with Gasteiger partial charge in [-0.3, -0.25) is 24.0 Å². The molecule has 0 spiro atoms. The number of rotatable bonds is 11. The van der Waals surface area contributed by atoms with Gasteiger partial charge in [0.15, 0.2) is 23.2 Å². The van der Waals surface area contributed by atoms with Crippen LogP contribution in [0.5, 0.6) is 5.75 Å². The van der Waals surface area contributed by atoms with E-state index in [2.05, 4.69) is 10.6 Å². The third-order valence-corrected chi connectivity index (χ3v) is 7.40. The largest absolute Gasteiger partial charge is 0.481 e. The second-order valence-electron chi connectivity index (χ2n) is 10.3. The number of hydrogen-bond acceptors (Lipinski definition) is 6. The van der Waals surface area contributed by atoms with Gasteiger partial charge in [-0.05, 0) is 43.7 Å². The second kappa shape index (κ2) is 14.1. The summed E-state index contributed by atoms with van der Waals surface area (Å²) < 4.78 is 46.5. The molecule has 1 aliphatic heterocycles. The number of nitrogens with zero attached hydrogens (tertiary/aromatic N) is 1. The van der Waals surface area contributed by atoms with Crippen LogP contribution in [0.15, 0.2) is 6.07 Å². The van der Waals surface area contributed by atoms with Gasteiger partial charge in [0.2, 0.25) is 11.7 Å². The lowest BCUT2D eigenvalue weighted by atomic mass is 9.95. The number of nitrogens with one attached hydrogen (secondary N) is 2. The minimum Gasteiger partial charge on any atom is -0.481 e. The highest BCUT2D eigenvalue weighted by molar-refractivity contribution is 6.35. The molecule has 1 aromatic carbocycles. The van der Waals surface area contributed by atoms with Crippen molar-refractivity contribution < 1.29 is 47.0 Å². The summed E-state index contributed by atoms with van der Waals surface area (Å²) in [5.74, 6) is -9.90. The third kappa shape index (κ3) is 8.18. The van der Waals surface area contributed by atoms with Crippen molar-refractivity contribution in [2.24, 2.45) is 11.8 Å². The molecule has 40 heavy (non-hydrogen) atoms. The molecule has 3 N–H and O–H groups in total. The molecule has 1 saturated heterocycles. The molecule has 0 radical (unpaired) electrons. The Kier molecular flexibility index (Phi) is 10.9. The summed E-state index contributed by atoms with van der Waals surface area (Å²) in [6.07, 6.45) is 5.01. The number of carbonyl (C=O) groups excluding carboxylic acids is 4. The highest BCUT2D eigenvalue weighted by Gasteiger charge is 2.33. The molecule has 1 saturated carbocycles. The fourth-order valence-electron chi connectivity index (χ4n) is 5.03. The Bertz CT molecular complexity index is 1110. The maximum Gasteiger partial charge on any atom is 0.311 e. The van der Waals surface area contributed by atoms with Gasteiger partial charge in [-0.1, -0.05) is 25.7 Å². The van der Waals surface area contributed by atoms with Gasteiger partial charge < -0.3 is 25.4 Å². The van der Waals surface area contributed by atoms with Crippen LogP contribution < -0.4 is 15.4 Å². The Balaban J connectivity index is 1.49. The molecular formula is C27H34F3N3O7. The van der Waals surface area contributed by atoms with Gasteiger partial charge in [-0.15, -0.1) is 0 Å². The number of carboxylic acid groups (broad SMARTS) is 1. The van der Waals surface area contributed by atoms with Crippen LogP contribution in [-0.2, 0) is 24.0 Å². The molecule has 0 bridgehead atoms. The van der Waals surface area contributed by atoms with E-state index in [0.717, 1.165) is 19.3 Å². The number of likely N-dealkylation sites (tertiary alicyclic amines) is 1. The molecular weight excluding hydrogens is 535 g/mol. The molecule has 0 aromatic heterocycles. The van der Waals surface area contributed by atoms with Crippen LogP contribution in [0.25, 0.3) is 0 Å². The number of ketones is 1. The van der Waals surface area contributed by atoms with Crippen molar-refractivity contribution in [3.05, 3.63) is 29.1 Å². The number of carboxylic acids is 1. The maximum absolute atomic E-state index is 14.2. The predicted molar refractivity (Wildman–Crippen MR) is 135 cm³/mol. The number of Topliss-reactive ketones (excluding diaryl/α,β-unsaturated/α-hetero) is 1. The average molecular weight is 570 g/mol. The molecule has 13 heteroatoms. The van der Waals surface area contributed by atoms with Crippen molar-refractivity contribution >= 4 is 29.5 Å². The van der Waals surface area contributed by atoms with Crippen molar-refractivity contribution in [3.63, 3.8) is 0 Å². The normalized spacial score (nSPS) is 16.9. The van der Waals surface area contributed by atoms with Crippen LogP contribution in [0.3, 0.4) is 0 Å². The summed E-state index contributed by atoms with van der Waals surface area (Å²) in [5, 5.41) is 14.2. The number of carbonyl (C=O) groups is 5. The van der Waals surface area contributed by atoms with E-state index < -0.39 is 77.7 Å². The standard InChI is InChI=1S/C27H34F3N3O7/c1-15-12-18(28)23(30)24(22(15)29)40-14-20(34)19(13-21(35)36)32-25(37)17-7-10-33(11-8-17)27(39)26(38)31-9-6-16-4-2-3-5-16/h12,16-17,19H,2-11,13-14H2,1H3,(H,31,38)(H,32,37)(H,35,36)/t19-/m0/s1. The van der Waals surface area contributed by atoms with E-state index in [9.17, 15) is 42.3 Å². The van der Waals surface area contributed by atoms with Crippen LogP contribution in [0.4, 0.5) is 13.2 Å². The molecule has 1 atom stereocenters. The summed E-state index contributed by atoms with van der Waals surface area (Å²) in [7, 11) is 0. The fraction of sp³-hybridized carbons (Fsp3) is 0.593. The van der Waals surface area contributed by atoms with E-state index >= 15 is 0 Å². The number of hydrogen-bond donors (Lipinski definition) is 3. The Hall–Kier alpha value is -3.64. The quantitative estimate of drug-likeness (QED) is 0.274. The molecule has 220 valence electrons. The van der Waals surface area contributed by atoms with Crippen LogP contribution in [0.2, 0.25) is 0 Å². The maximum atomic E-state index is 14.2. The van der Waals surface area contributed by atoms with Crippen molar-refractivity contribution in [1.29, 1.82) is 0 Å². The van der Waals surface area contributed by atoms with Crippen molar-refractivity contribution in [3.8, 4) is 5.75 Å². The van der Waals surface area contributed by atoms with Crippen LogP contribution in [0.1, 0.15) is 56.9 Å². The highest BCUT2D eigenvalue weighted by atomic mass is 19.2. The minimum atomic E-state index is -1.64. The van der Waals surface area contributed by atoms with Gasteiger partial charge in [0, 0.05) is 25.6 Å². The SMILES string of the molecule is Cc1cc(F)c(F)c(OCC(=O)[C@H](CC(=O)O)NC(=O)C2CCN(C(=O)C(=O)NCCC3CCCC3)CC2)c1F. The van der Waals surface area contributed by atoms with E-state index in [1.54, 1.807) is 0 Å². The first-order chi connectivity index (χ1) is 19.0. The Labute approximate surface area is 229 Å². The number of ether oxygens (including phenoxy) is 1. The number of amides is 3. The first-order valence-electron chi connectivity index (χ1n) is 13.4. The van der Waals surface area contributed by atoms with Gasteiger partial charge in [-0.2, -0.15) is 4.39 Å². The lowest BCUT2D eigenvalue weighted by Crippen LogP contribution is -2.51. The van der Waals surface area contributed by atoms with E-state index in [-0.39, 0.29) is 31.5 Å². The number of halogens is 3. The van der Waals surface area contributed by atoms with E-state index in [1.165, 1.54) is 24.7 Å². The molecule has 3 rings (SSSR count). The molecule has 0 unspecified atom stereocenters. The van der Waals surface area contributed by atoms with Crippen LogP contribution in [0, 0.1) is 36.2 Å². The molecule has 1 aromatic rings. The Morgan fingerprint density at radius 3 is 2.33 bits per heavy atom. The number of piperidine rings is 1. The minimum absolute atomic E-state index is 0.116. The summed E-state index contributed by atoms with van der Waals surface area (Å²) in [5.41, 5.74) is -0.261. The van der Waals surface area contributed by atoms with Gasteiger partial charge in [0.05, 0.1) is 6.42 Å². The van der Waals surface area contributed by atoms with E-state index in [4.69, 9.17) is 4.74 Å². The fourth-order valence-corrected chi connectivity index (χ4v) is 5.03. The molecule has 1 heterocycles. The lowest BCUT2D eigenvalue weighted by molar-refractivity contribution is -0.147. The zero-order valence-electron chi connectivity index (χ0n) is 22.3. The zero-order chi connectivity index (χ0) is 29.4. The predicted octanol–water partition coefficient (Wildman–Crippen LogP) is 2.25. The molecule has 10 nitrogen and oxygen atoms in total. The van der Waals surface area contributed by atoms with Crippen LogP contribution >= 0.6 is 0 Å². The monoisotopic (exact) mass is 569 g/mol. The van der Waals surface area contributed by atoms with Gasteiger partial charge in [-0.25, -0.2) is 8.78 Å². The second-order valence-corrected chi connectivity index (χ2v) is 10.3. The first-order valence-corrected chi connectivity index (χ1v) is 13.4. The smallest absolute Gasteiger partial charge is 0.311 e. The molecule has 3 amide bonds. The topological polar surface area (TPSA) is 142 Å². The van der Waals surface area contributed by atoms with Gasteiger partial charge in [0.1, 0.15) is 12.6 Å². The third-order valence-electron chi connectivity index (χ3n) is 7.40. The van der Waals surface area contributed by atoms with Gasteiger partial charge in [0.25, 0.3) is 0 Å². The summed E-state index contributed by atoms with van der Waals surface area (Å²) in [6.45, 7) is 0.811.